The third-order valence-corrected chi connectivity index (χ3v) is 3.68. The first-order valence-electron chi connectivity index (χ1n) is 7.21. The molecule has 0 unspecified atom stereocenters. The Labute approximate surface area is 145 Å². The van der Waals surface area contributed by atoms with Gasteiger partial charge in [-0.3, -0.25) is 0 Å². The minimum absolute atomic E-state index is 0.550. The van der Waals surface area contributed by atoms with Gasteiger partial charge in [-0.05, 0) is 48.0 Å². The van der Waals surface area contributed by atoms with Crippen LogP contribution >= 0.6 is 23.2 Å². The molecule has 0 aliphatic carbocycles. The monoisotopic (exact) mass is 343 g/mol. The maximum absolute atomic E-state index is 5.99. The van der Waals surface area contributed by atoms with Gasteiger partial charge >= 0.3 is 0 Å². The summed E-state index contributed by atoms with van der Waals surface area (Å²) in [6.45, 7) is 0.720. The van der Waals surface area contributed by atoms with Gasteiger partial charge in [0.15, 0.2) is 0 Å². The Morgan fingerprint density at radius 1 is 0.739 bits per heavy atom. The van der Waals surface area contributed by atoms with E-state index in [1.807, 2.05) is 54.6 Å². The van der Waals surface area contributed by atoms with E-state index in [4.69, 9.17) is 27.9 Å². The van der Waals surface area contributed by atoms with Gasteiger partial charge in [0.05, 0.1) is 0 Å². The zero-order valence-corrected chi connectivity index (χ0v) is 13.8. The highest BCUT2D eigenvalue weighted by Gasteiger charge is 2.02. The average molecular weight is 344 g/mol. The number of nitrogens with one attached hydrogen (secondary N) is 1. The van der Waals surface area contributed by atoms with Crippen molar-refractivity contribution in [2.45, 2.75) is 6.54 Å². The van der Waals surface area contributed by atoms with Crippen LogP contribution in [0.5, 0.6) is 11.5 Å². The summed E-state index contributed by atoms with van der Waals surface area (Å²) >= 11 is 12.0. The zero-order chi connectivity index (χ0) is 16.1. The molecule has 1 N–H and O–H groups in total. The van der Waals surface area contributed by atoms with Gasteiger partial charge in [-0.1, -0.05) is 53.5 Å². The van der Waals surface area contributed by atoms with E-state index in [2.05, 4.69) is 5.32 Å². The van der Waals surface area contributed by atoms with Gasteiger partial charge in [0.2, 0.25) is 0 Å². The number of benzene rings is 3. The predicted octanol–water partition coefficient (Wildman–Crippen LogP) is 6.40. The lowest BCUT2D eigenvalue weighted by molar-refractivity contribution is 0.482. The molecule has 3 rings (SSSR count). The molecule has 0 aliphatic heterocycles. The van der Waals surface area contributed by atoms with Gasteiger partial charge in [0.25, 0.3) is 0 Å². The Balaban J connectivity index is 1.69. The summed E-state index contributed by atoms with van der Waals surface area (Å²) in [6.07, 6.45) is 0. The number of para-hydroxylation sites is 1. The third-order valence-electron chi connectivity index (χ3n) is 3.24. The normalized spacial score (nSPS) is 10.3. The van der Waals surface area contributed by atoms with E-state index in [-0.39, 0.29) is 0 Å². The van der Waals surface area contributed by atoms with E-state index < -0.39 is 0 Å². The van der Waals surface area contributed by atoms with Crippen LogP contribution in [0.3, 0.4) is 0 Å². The molecule has 0 atom stereocenters. The maximum Gasteiger partial charge on any atom is 0.130 e. The molecule has 0 saturated heterocycles. The van der Waals surface area contributed by atoms with E-state index in [9.17, 15) is 0 Å². The highest BCUT2D eigenvalue weighted by molar-refractivity contribution is 6.34. The van der Waals surface area contributed by atoms with Crippen LogP contribution in [0, 0.1) is 0 Å². The van der Waals surface area contributed by atoms with E-state index in [0.29, 0.717) is 15.8 Å². The molecule has 3 aromatic rings. The smallest absolute Gasteiger partial charge is 0.130 e. The minimum atomic E-state index is 0.550. The Morgan fingerprint density at radius 2 is 1.48 bits per heavy atom. The Bertz CT molecular complexity index is 770. The molecule has 3 aromatic carbocycles. The zero-order valence-electron chi connectivity index (χ0n) is 12.3. The third kappa shape index (κ3) is 4.65. The van der Waals surface area contributed by atoms with Crippen molar-refractivity contribution in [2.75, 3.05) is 5.32 Å². The summed E-state index contributed by atoms with van der Waals surface area (Å²) in [5, 5.41) is 4.47. The van der Waals surface area contributed by atoms with Crippen LogP contribution in [0.2, 0.25) is 10.0 Å². The highest BCUT2D eigenvalue weighted by atomic mass is 35.5. The molecule has 23 heavy (non-hydrogen) atoms. The highest BCUT2D eigenvalue weighted by Crippen LogP contribution is 2.28. The predicted molar refractivity (Wildman–Crippen MR) is 96.7 cm³/mol. The van der Waals surface area contributed by atoms with E-state index in [1.165, 1.54) is 0 Å². The Hall–Kier alpha value is -2.16. The number of hydrogen-bond donors (Lipinski definition) is 1. The lowest BCUT2D eigenvalue weighted by Crippen LogP contribution is -1.99. The fourth-order valence-electron chi connectivity index (χ4n) is 2.20. The number of halogens is 2. The van der Waals surface area contributed by atoms with E-state index >= 15 is 0 Å². The van der Waals surface area contributed by atoms with Gasteiger partial charge in [0, 0.05) is 22.3 Å². The quantitative estimate of drug-likeness (QED) is 0.578. The number of hydrogen-bond acceptors (Lipinski definition) is 2. The molecule has 0 saturated carbocycles. The van der Waals surface area contributed by atoms with Crippen LogP contribution in [-0.4, -0.2) is 0 Å². The number of rotatable bonds is 5. The van der Waals surface area contributed by atoms with Crippen molar-refractivity contribution >= 4 is 28.9 Å². The lowest BCUT2D eigenvalue weighted by atomic mass is 10.2. The summed E-state index contributed by atoms with van der Waals surface area (Å²) in [4.78, 5) is 0. The summed E-state index contributed by atoms with van der Waals surface area (Å²) in [6, 6.07) is 23.1. The summed E-state index contributed by atoms with van der Waals surface area (Å²) < 4.78 is 5.84. The fourth-order valence-corrected chi connectivity index (χ4v) is 2.71. The molecular weight excluding hydrogens is 329 g/mol. The molecule has 0 aromatic heterocycles. The van der Waals surface area contributed by atoms with Gasteiger partial charge in [-0.15, -0.1) is 0 Å². The van der Waals surface area contributed by atoms with Gasteiger partial charge in [-0.2, -0.15) is 0 Å². The molecule has 0 aliphatic rings. The standard InChI is InChI=1S/C19H15Cl2NO/c20-15-10-16(21)12-19(11-15)23-18-8-4-5-14(9-18)13-22-17-6-2-1-3-7-17/h1-12,22H,13H2. The lowest BCUT2D eigenvalue weighted by Gasteiger charge is -2.10. The Kier molecular flexibility index (Phi) is 5.06. The van der Waals surface area contributed by atoms with E-state index in [1.54, 1.807) is 18.2 Å². The van der Waals surface area contributed by atoms with Gasteiger partial charge < -0.3 is 10.1 Å². The van der Waals surface area contributed by atoms with Crippen LogP contribution in [0.15, 0.2) is 72.8 Å². The van der Waals surface area contributed by atoms with Crippen LogP contribution in [0.1, 0.15) is 5.56 Å². The molecular formula is C19H15Cl2NO. The van der Waals surface area contributed by atoms with Crippen molar-refractivity contribution in [3.8, 4) is 11.5 Å². The summed E-state index contributed by atoms with van der Waals surface area (Å²) in [7, 11) is 0. The molecule has 4 heteroatoms. The number of ether oxygens (including phenoxy) is 1. The fraction of sp³-hybridized carbons (Fsp3) is 0.0526. The molecule has 0 fully saturated rings. The summed E-state index contributed by atoms with van der Waals surface area (Å²) in [5.41, 5.74) is 2.21. The van der Waals surface area contributed by atoms with Crippen molar-refractivity contribution in [1.82, 2.24) is 0 Å². The molecule has 2 nitrogen and oxygen atoms in total. The Morgan fingerprint density at radius 3 is 2.22 bits per heavy atom. The second kappa shape index (κ2) is 7.40. The van der Waals surface area contributed by atoms with Crippen molar-refractivity contribution < 1.29 is 4.74 Å². The van der Waals surface area contributed by atoms with Gasteiger partial charge in [-0.25, -0.2) is 0 Å². The topological polar surface area (TPSA) is 21.3 Å². The first-order chi connectivity index (χ1) is 11.2. The first-order valence-corrected chi connectivity index (χ1v) is 7.96. The molecule has 116 valence electrons. The SMILES string of the molecule is Clc1cc(Cl)cc(Oc2cccc(CNc3ccccc3)c2)c1. The summed E-state index contributed by atoms with van der Waals surface area (Å²) in [5.74, 6) is 1.37. The maximum atomic E-state index is 5.99. The van der Waals surface area contributed by atoms with Crippen molar-refractivity contribution in [2.24, 2.45) is 0 Å². The van der Waals surface area contributed by atoms with Crippen molar-refractivity contribution in [1.29, 1.82) is 0 Å². The average Bonchev–Trinajstić information content (AvgIpc) is 2.53. The van der Waals surface area contributed by atoms with Crippen LogP contribution in [-0.2, 0) is 6.54 Å². The number of anilines is 1. The second-order valence-electron chi connectivity index (χ2n) is 5.07. The first kappa shape index (κ1) is 15.7. The van der Waals surface area contributed by atoms with Crippen molar-refractivity contribution in [3.63, 3.8) is 0 Å². The molecule has 0 radical (unpaired) electrons. The van der Waals surface area contributed by atoms with Gasteiger partial charge in [0.1, 0.15) is 11.5 Å². The molecule has 0 heterocycles. The van der Waals surface area contributed by atoms with Crippen LogP contribution in [0.4, 0.5) is 5.69 Å². The molecule has 0 bridgehead atoms. The minimum Gasteiger partial charge on any atom is -0.457 e. The van der Waals surface area contributed by atoms with Crippen LogP contribution in [0.25, 0.3) is 0 Å². The van der Waals surface area contributed by atoms with Crippen molar-refractivity contribution in [3.05, 3.63) is 88.4 Å². The van der Waals surface area contributed by atoms with E-state index in [0.717, 1.165) is 23.5 Å². The largest absolute Gasteiger partial charge is 0.457 e. The molecule has 0 spiro atoms. The van der Waals surface area contributed by atoms with Crippen LogP contribution < -0.4 is 10.1 Å². The second-order valence-corrected chi connectivity index (χ2v) is 5.95. The molecule has 0 amide bonds.